The van der Waals surface area contributed by atoms with E-state index < -0.39 is 6.04 Å². The Bertz CT molecular complexity index is 1220. The molecule has 0 spiro atoms. The number of carbonyl (C=O) groups is 1. The molecule has 172 valence electrons. The number of nitrogens with zero attached hydrogens (tertiary/aromatic N) is 4. The zero-order chi connectivity index (χ0) is 23.5. The van der Waals surface area contributed by atoms with Crippen molar-refractivity contribution in [1.29, 1.82) is 0 Å². The van der Waals surface area contributed by atoms with E-state index in [1.54, 1.807) is 11.8 Å². The van der Waals surface area contributed by atoms with Crippen LogP contribution < -0.4 is 20.1 Å². The van der Waals surface area contributed by atoms with Gasteiger partial charge in [-0.3, -0.25) is 4.79 Å². The molecule has 1 amide bonds. The summed E-state index contributed by atoms with van der Waals surface area (Å²) in [6, 6.07) is 10.9. The Hall–Kier alpha value is -3.88. The van der Waals surface area contributed by atoms with Gasteiger partial charge in [0.05, 0.1) is 19.3 Å². The lowest BCUT2D eigenvalue weighted by atomic mass is 9.94. The Kier molecular flexibility index (Phi) is 6.30. The molecule has 2 heterocycles. The first-order chi connectivity index (χ1) is 15.9. The molecular formula is C24H28N6O3. The van der Waals surface area contributed by atoms with Crippen LogP contribution in [0.25, 0.3) is 0 Å². The van der Waals surface area contributed by atoms with Crippen LogP contribution in [-0.4, -0.2) is 39.8 Å². The van der Waals surface area contributed by atoms with E-state index in [1.807, 2.05) is 64.1 Å². The second kappa shape index (κ2) is 9.32. The highest BCUT2D eigenvalue weighted by molar-refractivity contribution is 6.06. The smallest absolute Gasteiger partial charge is 0.255 e. The van der Waals surface area contributed by atoms with E-state index in [2.05, 4.69) is 26.2 Å². The first-order valence-electron chi connectivity index (χ1n) is 10.9. The Morgan fingerprint density at radius 3 is 2.76 bits per heavy atom. The van der Waals surface area contributed by atoms with Gasteiger partial charge in [0.15, 0.2) is 11.5 Å². The third-order valence-electron chi connectivity index (χ3n) is 5.78. The second-order valence-corrected chi connectivity index (χ2v) is 7.97. The molecule has 1 aliphatic heterocycles. The second-order valence-electron chi connectivity index (χ2n) is 7.97. The molecule has 2 aromatic carbocycles. The number of nitrogens with one attached hydrogen (secondary N) is 2. The van der Waals surface area contributed by atoms with Crippen LogP contribution in [0, 0.1) is 13.8 Å². The summed E-state index contributed by atoms with van der Waals surface area (Å²) in [5.41, 5.74) is 4.88. The zero-order valence-electron chi connectivity index (χ0n) is 19.5. The minimum Gasteiger partial charge on any atom is -0.493 e. The van der Waals surface area contributed by atoms with Crippen LogP contribution in [-0.2, 0) is 4.79 Å². The van der Waals surface area contributed by atoms with Crippen molar-refractivity contribution in [3.8, 4) is 11.5 Å². The number of hydrogen-bond donors (Lipinski definition) is 2. The number of tetrazole rings is 1. The van der Waals surface area contributed by atoms with E-state index in [0.29, 0.717) is 35.3 Å². The lowest BCUT2D eigenvalue weighted by molar-refractivity contribution is -0.113. The molecule has 0 saturated carbocycles. The first-order valence-corrected chi connectivity index (χ1v) is 10.9. The number of hydrogen-bond acceptors (Lipinski definition) is 7. The molecule has 1 unspecified atom stereocenters. The van der Waals surface area contributed by atoms with Crippen molar-refractivity contribution in [1.82, 2.24) is 20.2 Å². The average Bonchev–Trinajstić information content (AvgIpc) is 3.27. The van der Waals surface area contributed by atoms with Gasteiger partial charge in [-0.15, -0.1) is 0 Å². The number of aromatic nitrogens is 4. The highest BCUT2D eigenvalue weighted by Gasteiger charge is 2.34. The number of amides is 1. The average molecular weight is 449 g/mol. The van der Waals surface area contributed by atoms with E-state index >= 15 is 0 Å². The summed E-state index contributed by atoms with van der Waals surface area (Å²) in [6.07, 6.45) is 0.887. The summed E-state index contributed by atoms with van der Waals surface area (Å²) in [6.45, 7) is 8.48. The summed E-state index contributed by atoms with van der Waals surface area (Å²) >= 11 is 0. The molecule has 1 aromatic heterocycles. The number of rotatable bonds is 7. The number of methoxy groups -OCH3 is 1. The quantitative estimate of drug-likeness (QED) is 0.563. The van der Waals surface area contributed by atoms with Gasteiger partial charge in [-0.2, -0.15) is 4.68 Å². The fourth-order valence-electron chi connectivity index (χ4n) is 3.88. The third kappa shape index (κ3) is 4.26. The highest BCUT2D eigenvalue weighted by atomic mass is 16.5. The van der Waals surface area contributed by atoms with Gasteiger partial charge in [0, 0.05) is 11.4 Å². The third-order valence-corrected chi connectivity index (χ3v) is 5.78. The normalized spacial score (nSPS) is 15.0. The Morgan fingerprint density at radius 1 is 1.18 bits per heavy atom. The van der Waals surface area contributed by atoms with E-state index in [0.717, 1.165) is 28.8 Å². The van der Waals surface area contributed by atoms with Crippen LogP contribution >= 0.6 is 0 Å². The topological polar surface area (TPSA) is 103 Å². The van der Waals surface area contributed by atoms with Crippen molar-refractivity contribution >= 4 is 17.5 Å². The molecule has 9 heteroatoms. The summed E-state index contributed by atoms with van der Waals surface area (Å²) in [5, 5.41) is 18.2. The monoisotopic (exact) mass is 448 g/mol. The fraction of sp³-hybridized carbons (Fsp3) is 0.333. The number of benzene rings is 2. The van der Waals surface area contributed by atoms with Crippen LogP contribution in [0.5, 0.6) is 11.5 Å². The molecule has 9 nitrogen and oxygen atoms in total. The number of ether oxygens (including phenoxy) is 2. The van der Waals surface area contributed by atoms with Gasteiger partial charge in [0.25, 0.3) is 5.91 Å². The maximum absolute atomic E-state index is 13.6. The first kappa shape index (κ1) is 22.3. The van der Waals surface area contributed by atoms with Gasteiger partial charge in [-0.05, 0) is 72.5 Å². The molecule has 2 N–H and O–H groups in total. The summed E-state index contributed by atoms with van der Waals surface area (Å²) in [7, 11) is 1.60. The molecule has 0 fully saturated rings. The van der Waals surface area contributed by atoms with Crippen molar-refractivity contribution in [2.24, 2.45) is 0 Å². The molecule has 1 atom stereocenters. The van der Waals surface area contributed by atoms with Crippen molar-refractivity contribution in [3.63, 3.8) is 0 Å². The Labute approximate surface area is 192 Å². The van der Waals surface area contributed by atoms with Gasteiger partial charge in [0.2, 0.25) is 5.95 Å². The van der Waals surface area contributed by atoms with E-state index in [9.17, 15) is 4.79 Å². The van der Waals surface area contributed by atoms with Crippen LogP contribution in [0.15, 0.2) is 47.7 Å². The van der Waals surface area contributed by atoms with Crippen LogP contribution in [0.1, 0.15) is 43.0 Å². The van der Waals surface area contributed by atoms with Gasteiger partial charge in [-0.25, -0.2) is 0 Å². The predicted octanol–water partition coefficient (Wildman–Crippen LogP) is 4.01. The molecule has 3 aromatic rings. The largest absolute Gasteiger partial charge is 0.493 e. The molecule has 0 aliphatic carbocycles. The molecule has 0 radical (unpaired) electrons. The van der Waals surface area contributed by atoms with E-state index in [-0.39, 0.29) is 5.91 Å². The van der Waals surface area contributed by atoms with Gasteiger partial charge in [0.1, 0.15) is 6.04 Å². The molecule has 33 heavy (non-hydrogen) atoms. The standard InChI is InChI=1S/C24H28N6O3/c1-6-12-33-19-11-10-17(13-20(19)32-5)22-21(16(4)25-24-27-28-29-30(22)24)23(31)26-18-9-7-8-14(2)15(18)3/h7-11,13,22H,6,12H2,1-5H3,(H,26,31)(H,25,27,29). The number of carbonyl (C=O) groups excluding carboxylic acids is 1. The van der Waals surface area contributed by atoms with Crippen molar-refractivity contribution in [2.75, 3.05) is 24.4 Å². The maximum Gasteiger partial charge on any atom is 0.255 e. The van der Waals surface area contributed by atoms with Gasteiger partial charge < -0.3 is 20.1 Å². The van der Waals surface area contributed by atoms with E-state index in [1.165, 1.54) is 0 Å². The summed E-state index contributed by atoms with van der Waals surface area (Å²) in [4.78, 5) is 13.6. The fourth-order valence-corrected chi connectivity index (χ4v) is 3.88. The molecule has 0 saturated heterocycles. The molecule has 1 aliphatic rings. The number of allylic oxidation sites excluding steroid dienone is 1. The number of aryl methyl sites for hydroxylation is 1. The highest BCUT2D eigenvalue weighted by Crippen LogP contribution is 2.38. The van der Waals surface area contributed by atoms with Crippen LogP contribution in [0.2, 0.25) is 0 Å². The lowest BCUT2D eigenvalue weighted by Crippen LogP contribution is -2.31. The predicted molar refractivity (Wildman–Crippen MR) is 126 cm³/mol. The van der Waals surface area contributed by atoms with Crippen LogP contribution in [0.4, 0.5) is 11.6 Å². The zero-order valence-corrected chi connectivity index (χ0v) is 19.5. The Balaban J connectivity index is 1.76. The number of anilines is 2. The minimum atomic E-state index is -0.546. The lowest BCUT2D eigenvalue weighted by Gasteiger charge is -2.28. The van der Waals surface area contributed by atoms with Crippen molar-refractivity contribution in [3.05, 3.63) is 64.4 Å². The van der Waals surface area contributed by atoms with E-state index in [4.69, 9.17) is 9.47 Å². The Morgan fingerprint density at radius 2 is 2.00 bits per heavy atom. The molecule has 0 bridgehead atoms. The number of fused-ring (bicyclic) bond motifs is 1. The minimum absolute atomic E-state index is 0.231. The van der Waals surface area contributed by atoms with Gasteiger partial charge >= 0.3 is 0 Å². The summed E-state index contributed by atoms with van der Waals surface area (Å²) < 4.78 is 13.0. The van der Waals surface area contributed by atoms with Crippen molar-refractivity contribution in [2.45, 2.75) is 40.2 Å². The SMILES string of the molecule is CCCOc1ccc(C2C(C(=O)Nc3cccc(C)c3C)=C(C)Nc3nnnn32)cc1OC. The molecule has 4 rings (SSSR count). The maximum atomic E-state index is 13.6. The van der Waals surface area contributed by atoms with Gasteiger partial charge in [-0.1, -0.05) is 30.2 Å². The molecular weight excluding hydrogens is 420 g/mol. The van der Waals surface area contributed by atoms with Crippen molar-refractivity contribution < 1.29 is 14.3 Å². The summed E-state index contributed by atoms with van der Waals surface area (Å²) in [5.74, 6) is 1.47. The van der Waals surface area contributed by atoms with Crippen LogP contribution in [0.3, 0.4) is 0 Å².